The van der Waals surface area contributed by atoms with Crippen LogP contribution >= 0.6 is 0 Å². The van der Waals surface area contributed by atoms with Gasteiger partial charge in [-0.15, -0.1) is 0 Å². The quantitative estimate of drug-likeness (QED) is 0.681. The summed E-state index contributed by atoms with van der Waals surface area (Å²) in [5, 5.41) is 9.61. The highest BCUT2D eigenvalue weighted by molar-refractivity contribution is 6.08. The third-order valence-electron chi connectivity index (χ3n) is 5.24. The van der Waals surface area contributed by atoms with Gasteiger partial charge in [-0.25, -0.2) is 4.79 Å². The van der Waals surface area contributed by atoms with Gasteiger partial charge in [-0.05, 0) is 32.3 Å². The Hall–Kier alpha value is -2.43. The van der Waals surface area contributed by atoms with Crippen LogP contribution in [0.2, 0.25) is 0 Å². The molecule has 24 heavy (non-hydrogen) atoms. The highest BCUT2D eigenvalue weighted by Crippen LogP contribution is 2.41. The van der Waals surface area contributed by atoms with Crippen molar-refractivity contribution in [3.8, 4) is 0 Å². The molecule has 126 valence electrons. The zero-order valence-corrected chi connectivity index (χ0v) is 13.9. The second kappa shape index (κ2) is 6.23. The van der Waals surface area contributed by atoms with Gasteiger partial charge in [-0.3, -0.25) is 14.5 Å². The summed E-state index contributed by atoms with van der Waals surface area (Å²) in [6.07, 6.45) is 1.24. The molecule has 0 unspecified atom stereocenters. The number of allylic oxidation sites excluding steroid dienone is 2. The molecule has 3 atom stereocenters. The molecule has 0 aromatic heterocycles. The van der Waals surface area contributed by atoms with Gasteiger partial charge in [0.15, 0.2) is 0 Å². The smallest absolute Gasteiger partial charge is 0.327 e. The SMILES string of the molecule is CC1=C(C)C[C@@H]2C(=O)N([C@@H](Cc3ccccc3)C(=O)O)C(=O)[C@H]2C1. The molecule has 1 saturated heterocycles. The molecule has 1 aliphatic carbocycles. The molecular formula is C19H21NO4. The minimum Gasteiger partial charge on any atom is -0.480 e. The van der Waals surface area contributed by atoms with E-state index in [1.165, 1.54) is 0 Å². The minimum absolute atomic E-state index is 0.137. The predicted molar refractivity (Wildman–Crippen MR) is 88.0 cm³/mol. The van der Waals surface area contributed by atoms with Crippen LogP contribution in [0.5, 0.6) is 0 Å². The van der Waals surface area contributed by atoms with E-state index in [0.717, 1.165) is 21.6 Å². The fourth-order valence-electron chi connectivity index (χ4n) is 3.71. The van der Waals surface area contributed by atoms with Crippen LogP contribution in [-0.4, -0.2) is 33.8 Å². The van der Waals surface area contributed by atoms with E-state index in [9.17, 15) is 19.5 Å². The normalized spacial score (nSPS) is 25.0. The van der Waals surface area contributed by atoms with Crippen molar-refractivity contribution >= 4 is 17.8 Å². The van der Waals surface area contributed by atoms with E-state index in [0.29, 0.717) is 12.8 Å². The van der Waals surface area contributed by atoms with E-state index in [4.69, 9.17) is 0 Å². The van der Waals surface area contributed by atoms with Gasteiger partial charge in [-0.2, -0.15) is 0 Å². The maximum atomic E-state index is 12.8. The lowest BCUT2D eigenvalue weighted by atomic mass is 9.78. The van der Waals surface area contributed by atoms with Crippen LogP contribution in [0.4, 0.5) is 0 Å². The van der Waals surface area contributed by atoms with Crippen molar-refractivity contribution < 1.29 is 19.5 Å². The molecule has 1 N–H and O–H groups in total. The van der Waals surface area contributed by atoms with Gasteiger partial charge in [0.1, 0.15) is 6.04 Å². The van der Waals surface area contributed by atoms with Crippen LogP contribution in [0.3, 0.4) is 0 Å². The number of fused-ring (bicyclic) bond motifs is 1. The number of rotatable bonds is 4. The Morgan fingerprint density at radius 2 is 1.58 bits per heavy atom. The molecule has 2 amide bonds. The lowest BCUT2D eigenvalue weighted by Gasteiger charge is -2.23. The average molecular weight is 327 g/mol. The van der Waals surface area contributed by atoms with Gasteiger partial charge in [0.25, 0.3) is 0 Å². The van der Waals surface area contributed by atoms with Gasteiger partial charge in [-0.1, -0.05) is 41.5 Å². The first kappa shape index (κ1) is 16.4. The van der Waals surface area contributed by atoms with Gasteiger partial charge >= 0.3 is 5.97 Å². The van der Waals surface area contributed by atoms with E-state index in [1.54, 1.807) is 0 Å². The molecule has 3 rings (SSSR count). The Morgan fingerprint density at radius 1 is 1.08 bits per heavy atom. The maximum Gasteiger partial charge on any atom is 0.327 e. The first-order chi connectivity index (χ1) is 11.4. The minimum atomic E-state index is -1.14. The molecule has 0 spiro atoms. The summed E-state index contributed by atoms with van der Waals surface area (Å²) >= 11 is 0. The van der Waals surface area contributed by atoms with E-state index >= 15 is 0 Å². The predicted octanol–water partition coefficient (Wildman–Crippen LogP) is 2.41. The third-order valence-corrected chi connectivity index (χ3v) is 5.24. The van der Waals surface area contributed by atoms with Gasteiger partial charge in [0.05, 0.1) is 11.8 Å². The molecule has 0 bridgehead atoms. The summed E-state index contributed by atoms with van der Waals surface area (Å²) < 4.78 is 0. The van der Waals surface area contributed by atoms with Crippen LogP contribution in [0.1, 0.15) is 32.3 Å². The summed E-state index contributed by atoms with van der Waals surface area (Å²) in [7, 11) is 0. The molecule has 5 nitrogen and oxygen atoms in total. The number of carbonyl (C=O) groups excluding carboxylic acids is 2. The first-order valence-electron chi connectivity index (χ1n) is 8.19. The van der Waals surface area contributed by atoms with Crippen LogP contribution in [0.25, 0.3) is 0 Å². The molecule has 5 heteroatoms. The fourth-order valence-corrected chi connectivity index (χ4v) is 3.71. The van der Waals surface area contributed by atoms with Crippen molar-refractivity contribution in [1.82, 2.24) is 4.90 Å². The number of benzene rings is 1. The van der Waals surface area contributed by atoms with Crippen LogP contribution in [0.15, 0.2) is 41.5 Å². The number of carbonyl (C=O) groups is 3. The van der Waals surface area contributed by atoms with E-state index in [1.807, 2.05) is 44.2 Å². The van der Waals surface area contributed by atoms with Crippen molar-refractivity contribution in [3.63, 3.8) is 0 Å². The Bertz CT molecular complexity index is 690. The van der Waals surface area contributed by atoms with Gasteiger partial charge in [0.2, 0.25) is 11.8 Å². The molecule has 1 heterocycles. The molecule has 1 aliphatic heterocycles. The number of carboxylic acids is 1. The van der Waals surface area contributed by atoms with E-state index in [2.05, 4.69) is 0 Å². The Labute approximate surface area is 141 Å². The molecule has 1 aromatic rings. The second-order valence-electron chi connectivity index (χ2n) is 6.77. The zero-order chi connectivity index (χ0) is 17.4. The number of nitrogens with zero attached hydrogens (tertiary/aromatic N) is 1. The van der Waals surface area contributed by atoms with Crippen molar-refractivity contribution in [2.75, 3.05) is 0 Å². The lowest BCUT2D eigenvalue weighted by Crippen LogP contribution is -2.46. The molecular weight excluding hydrogens is 306 g/mol. The van der Waals surface area contributed by atoms with Crippen molar-refractivity contribution in [1.29, 1.82) is 0 Å². The van der Waals surface area contributed by atoms with Gasteiger partial charge < -0.3 is 5.11 Å². The van der Waals surface area contributed by atoms with Gasteiger partial charge in [0, 0.05) is 6.42 Å². The molecule has 0 radical (unpaired) electrons. The van der Waals surface area contributed by atoms with Crippen LogP contribution in [0, 0.1) is 11.8 Å². The topological polar surface area (TPSA) is 74.7 Å². The summed E-state index contributed by atoms with van der Waals surface area (Å²) in [5.74, 6) is -2.61. The monoisotopic (exact) mass is 327 g/mol. The summed E-state index contributed by atoms with van der Waals surface area (Å²) in [5.41, 5.74) is 3.06. The summed E-state index contributed by atoms with van der Waals surface area (Å²) in [6, 6.07) is 7.96. The molecule has 1 fully saturated rings. The first-order valence-corrected chi connectivity index (χ1v) is 8.19. The number of likely N-dealkylation sites (tertiary alicyclic amines) is 1. The average Bonchev–Trinajstić information content (AvgIpc) is 2.78. The number of aliphatic carboxylic acids is 1. The van der Waals surface area contributed by atoms with Crippen LogP contribution in [-0.2, 0) is 20.8 Å². The standard InChI is InChI=1S/C19H21NO4/c1-11-8-14-15(9-12(11)2)18(22)20(17(14)21)16(19(23)24)10-13-6-4-3-5-7-13/h3-7,14-16H,8-10H2,1-2H3,(H,23,24)/t14-,15-,16-/m0/s1. The number of carboxylic acid groups (broad SMARTS) is 1. The maximum absolute atomic E-state index is 12.8. The highest BCUT2D eigenvalue weighted by atomic mass is 16.4. The van der Waals surface area contributed by atoms with Crippen molar-refractivity contribution in [2.24, 2.45) is 11.8 Å². The van der Waals surface area contributed by atoms with E-state index < -0.39 is 23.8 Å². The number of hydrogen-bond acceptors (Lipinski definition) is 3. The Balaban J connectivity index is 1.88. The summed E-state index contributed by atoms with van der Waals surface area (Å²) in [4.78, 5) is 38.3. The summed E-state index contributed by atoms with van der Waals surface area (Å²) in [6.45, 7) is 3.95. The zero-order valence-electron chi connectivity index (χ0n) is 13.9. The number of imide groups is 1. The lowest BCUT2D eigenvalue weighted by molar-refractivity contribution is -0.155. The fraction of sp³-hybridized carbons (Fsp3) is 0.421. The highest BCUT2D eigenvalue weighted by Gasteiger charge is 2.52. The number of amides is 2. The third kappa shape index (κ3) is 2.75. The number of hydrogen-bond donors (Lipinski definition) is 1. The van der Waals surface area contributed by atoms with Crippen LogP contribution < -0.4 is 0 Å². The molecule has 1 aromatic carbocycles. The second-order valence-corrected chi connectivity index (χ2v) is 6.77. The van der Waals surface area contributed by atoms with Crippen molar-refractivity contribution in [3.05, 3.63) is 47.0 Å². The molecule has 0 saturated carbocycles. The molecule has 2 aliphatic rings. The van der Waals surface area contributed by atoms with E-state index in [-0.39, 0.29) is 18.2 Å². The Morgan fingerprint density at radius 3 is 2.04 bits per heavy atom. The Kier molecular flexibility index (Phi) is 4.26. The largest absolute Gasteiger partial charge is 0.480 e. The van der Waals surface area contributed by atoms with Crippen molar-refractivity contribution in [2.45, 2.75) is 39.2 Å².